The fourth-order valence-electron chi connectivity index (χ4n) is 5.07. The van der Waals surface area contributed by atoms with E-state index in [1.165, 1.54) is 26.5 Å². The number of nitrogens with zero attached hydrogens (tertiary/aromatic N) is 2. The van der Waals surface area contributed by atoms with Crippen LogP contribution in [0, 0.1) is 20.8 Å². The second-order valence-electron chi connectivity index (χ2n) is 10.3. The van der Waals surface area contributed by atoms with Gasteiger partial charge < -0.3 is 14.2 Å². The van der Waals surface area contributed by atoms with E-state index >= 15 is 0 Å². The van der Waals surface area contributed by atoms with Crippen LogP contribution >= 0.6 is 12.2 Å². The molecule has 8 heteroatoms. The van der Waals surface area contributed by atoms with E-state index in [-0.39, 0.29) is 10.7 Å². The Balaban J connectivity index is 1.46. The minimum atomic E-state index is -0.518. The lowest BCUT2D eigenvalue weighted by atomic mass is 10.0. The summed E-state index contributed by atoms with van der Waals surface area (Å²) >= 11 is 5.72. The third-order valence-electron chi connectivity index (χ3n) is 7.33. The quantitative estimate of drug-likeness (QED) is 0.125. The van der Waals surface area contributed by atoms with Crippen molar-refractivity contribution in [2.45, 2.75) is 27.4 Å². The Hall–Kier alpha value is -4.95. The molecular formula is C35H32N2O5S. The fourth-order valence-corrected chi connectivity index (χ4v) is 5.44. The maximum atomic E-state index is 13.8. The van der Waals surface area contributed by atoms with Gasteiger partial charge in [0, 0.05) is 0 Å². The van der Waals surface area contributed by atoms with Crippen molar-refractivity contribution in [1.29, 1.82) is 0 Å². The largest absolute Gasteiger partial charge is 0.497 e. The Morgan fingerprint density at radius 1 is 0.674 bits per heavy atom. The SMILES string of the molecule is COc1ccc(N2C(=O)C(=Cc3ccc(OCc4c(C)cc(C)cc4C)cc3)C(=O)N(c3ccc(OC)cc3)C2=S)cc1. The van der Waals surface area contributed by atoms with E-state index in [9.17, 15) is 9.59 Å². The number of hydrogen-bond acceptors (Lipinski definition) is 6. The molecule has 1 aliphatic heterocycles. The average molecular weight is 593 g/mol. The first-order chi connectivity index (χ1) is 20.7. The highest BCUT2D eigenvalue weighted by Gasteiger charge is 2.41. The third kappa shape index (κ3) is 6.15. The molecule has 7 nitrogen and oxygen atoms in total. The maximum absolute atomic E-state index is 13.8. The number of amides is 2. The van der Waals surface area contributed by atoms with Crippen molar-refractivity contribution in [3.8, 4) is 17.2 Å². The van der Waals surface area contributed by atoms with E-state index in [0.29, 0.717) is 40.8 Å². The van der Waals surface area contributed by atoms with Crippen LogP contribution in [0.2, 0.25) is 0 Å². The Bertz CT molecular complexity index is 1620. The number of aryl methyl sites for hydroxylation is 3. The molecule has 2 amide bonds. The van der Waals surface area contributed by atoms with Crippen molar-refractivity contribution >= 4 is 46.6 Å². The molecule has 43 heavy (non-hydrogen) atoms. The van der Waals surface area contributed by atoms with Crippen LogP contribution in [0.5, 0.6) is 17.2 Å². The highest BCUT2D eigenvalue weighted by atomic mass is 32.1. The molecule has 218 valence electrons. The number of hydrogen-bond donors (Lipinski definition) is 0. The van der Waals surface area contributed by atoms with Gasteiger partial charge in [-0.1, -0.05) is 29.8 Å². The first-order valence-electron chi connectivity index (χ1n) is 13.7. The van der Waals surface area contributed by atoms with Crippen molar-refractivity contribution < 1.29 is 23.8 Å². The summed E-state index contributed by atoms with van der Waals surface area (Å²) in [5.41, 5.74) is 6.42. The fraction of sp³-hybridized carbons (Fsp3) is 0.171. The van der Waals surface area contributed by atoms with E-state index in [1.54, 1.807) is 68.8 Å². The van der Waals surface area contributed by atoms with E-state index < -0.39 is 11.8 Å². The molecule has 1 heterocycles. The standard InChI is InChI=1S/C35H32N2O5S/c1-22-18-23(2)32(24(3)19-22)21-42-30-12-6-25(7-13-30)20-31-33(38)36(26-8-14-28(40-4)15-9-26)35(43)37(34(31)39)27-10-16-29(41-5)17-11-27/h6-20H,21H2,1-5H3. The van der Waals surface area contributed by atoms with Crippen LogP contribution < -0.4 is 24.0 Å². The Morgan fingerprint density at radius 2 is 1.12 bits per heavy atom. The predicted molar refractivity (Wildman–Crippen MR) is 173 cm³/mol. The monoisotopic (exact) mass is 592 g/mol. The lowest BCUT2D eigenvalue weighted by Crippen LogP contribution is -2.56. The molecule has 4 aromatic carbocycles. The van der Waals surface area contributed by atoms with Gasteiger partial charge in [-0.05, 0) is 122 Å². The molecule has 0 bridgehead atoms. The molecular weight excluding hydrogens is 560 g/mol. The predicted octanol–water partition coefficient (Wildman–Crippen LogP) is 6.96. The highest BCUT2D eigenvalue weighted by Crippen LogP contribution is 2.32. The normalized spacial score (nSPS) is 13.3. The van der Waals surface area contributed by atoms with Crippen LogP contribution in [-0.2, 0) is 16.2 Å². The summed E-state index contributed by atoms with van der Waals surface area (Å²) in [4.78, 5) is 30.4. The van der Waals surface area contributed by atoms with Gasteiger partial charge in [-0.2, -0.15) is 0 Å². The summed E-state index contributed by atoms with van der Waals surface area (Å²) in [6, 6.07) is 25.5. The van der Waals surface area contributed by atoms with Crippen LogP contribution in [0.1, 0.15) is 27.8 Å². The van der Waals surface area contributed by atoms with E-state index in [4.69, 9.17) is 26.4 Å². The first kappa shape index (κ1) is 29.5. The molecule has 1 fully saturated rings. The zero-order valence-electron chi connectivity index (χ0n) is 24.7. The van der Waals surface area contributed by atoms with Crippen LogP contribution in [-0.4, -0.2) is 31.1 Å². The Kier molecular flexibility index (Phi) is 8.59. The molecule has 0 spiro atoms. The zero-order valence-corrected chi connectivity index (χ0v) is 25.5. The second-order valence-corrected chi connectivity index (χ2v) is 10.6. The number of thiocarbonyl (C=S) groups is 1. The van der Waals surface area contributed by atoms with Gasteiger partial charge in [0.1, 0.15) is 29.4 Å². The smallest absolute Gasteiger partial charge is 0.270 e. The Labute approximate surface area is 256 Å². The lowest BCUT2D eigenvalue weighted by Gasteiger charge is -2.36. The molecule has 0 aliphatic carbocycles. The number of ether oxygens (including phenoxy) is 3. The number of carbonyl (C=O) groups is 2. The number of benzene rings is 4. The first-order valence-corrected chi connectivity index (χ1v) is 14.1. The van der Waals surface area contributed by atoms with Gasteiger partial charge in [0.05, 0.1) is 25.6 Å². The van der Waals surface area contributed by atoms with Gasteiger partial charge in [-0.3, -0.25) is 19.4 Å². The third-order valence-corrected chi connectivity index (χ3v) is 7.69. The molecule has 1 saturated heterocycles. The number of rotatable bonds is 8. The summed E-state index contributed by atoms with van der Waals surface area (Å²) in [6.07, 6.45) is 1.58. The zero-order chi connectivity index (χ0) is 30.7. The van der Waals surface area contributed by atoms with Gasteiger partial charge in [0.15, 0.2) is 5.11 Å². The summed E-state index contributed by atoms with van der Waals surface area (Å²) in [6.45, 7) is 6.70. The molecule has 0 atom stereocenters. The van der Waals surface area contributed by atoms with Gasteiger partial charge >= 0.3 is 0 Å². The topological polar surface area (TPSA) is 68.3 Å². The Morgan fingerprint density at radius 3 is 1.56 bits per heavy atom. The van der Waals surface area contributed by atoms with Crippen LogP contribution in [0.4, 0.5) is 11.4 Å². The molecule has 4 aromatic rings. The summed E-state index contributed by atoms with van der Waals surface area (Å²) in [5, 5.41) is 0.0490. The van der Waals surface area contributed by atoms with Crippen molar-refractivity contribution in [3.63, 3.8) is 0 Å². The van der Waals surface area contributed by atoms with Crippen molar-refractivity contribution in [2.75, 3.05) is 24.0 Å². The molecule has 0 radical (unpaired) electrons. The average Bonchev–Trinajstić information content (AvgIpc) is 3.00. The van der Waals surface area contributed by atoms with Gasteiger partial charge in [-0.15, -0.1) is 0 Å². The molecule has 5 rings (SSSR count). The van der Waals surface area contributed by atoms with Gasteiger partial charge in [-0.25, -0.2) is 0 Å². The minimum absolute atomic E-state index is 0.0280. The van der Waals surface area contributed by atoms with Crippen molar-refractivity contribution in [1.82, 2.24) is 0 Å². The summed E-state index contributed by atoms with van der Waals surface area (Å²) in [7, 11) is 3.13. The molecule has 0 aromatic heterocycles. The van der Waals surface area contributed by atoms with Crippen molar-refractivity contribution in [3.05, 3.63) is 118 Å². The van der Waals surface area contributed by atoms with Crippen LogP contribution in [0.25, 0.3) is 6.08 Å². The highest BCUT2D eigenvalue weighted by molar-refractivity contribution is 7.81. The molecule has 0 N–H and O–H groups in total. The number of methoxy groups -OCH3 is 2. The molecule has 0 saturated carbocycles. The van der Waals surface area contributed by atoms with Crippen molar-refractivity contribution in [2.24, 2.45) is 0 Å². The van der Waals surface area contributed by atoms with E-state index in [1.807, 2.05) is 24.3 Å². The van der Waals surface area contributed by atoms with Gasteiger partial charge in [0.25, 0.3) is 11.8 Å². The lowest BCUT2D eigenvalue weighted by molar-refractivity contribution is -0.120. The van der Waals surface area contributed by atoms with Crippen LogP contribution in [0.15, 0.2) is 90.5 Å². The molecule has 0 unspecified atom stereocenters. The minimum Gasteiger partial charge on any atom is -0.497 e. The van der Waals surface area contributed by atoms with Gasteiger partial charge in [0.2, 0.25) is 0 Å². The summed E-state index contributed by atoms with van der Waals surface area (Å²) in [5.74, 6) is 0.913. The summed E-state index contributed by atoms with van der Waals surface area (Å²) < 4.78 is 16.6. The van der Waals surface area contributed by atoms with E-state index in [2.05, 4.69) is 32.9 Å². The van der Waals surface area contributed by atoms with Crippen LogP contribution in [0.3, 0.4) is 0 Å². The number of carbonyl (C=O) groups excluding carboxylic acids is 2. The maximum Gasteiger partial charge on any atom is 0.270 e. The second kappa shape index (κ2) is 12.5. The molecule has 1 aliphatic rings. The number of anilines is 2. The van der Waals surface area contributed by atoms with E-state index in [0.717, 1.165) is 5.56 Å².